The second-order valence-corrected chi connectivity index (χ2v) is 16.3. The maximum absolute atomic E-state index is 13.2. The van der Waals surface area contributed by atoms with Crippen molar-refractivity contribution in [3.8, 4) is 0 Å². The number of aliphatic hydroxyl groups is 5. The van der Waals surface area contributed by atoms with E-state index in [9.17, 15) is 39.9 Å². The number of esters is 1. The first kappa shape index (κ1) is 50.9. The molecule has 1 rings (SSSR count). The summed E-state index contributed by atoms with van der Waals surface area (Å²) >= 11 is 0. The molecule has 7 N–H and O–H groups in total. The first-order valence-electron chi connectivity index (χ1n) is 21.2. The Morgan fingerprint density at radius 3 is 1.73 bits per heavy atom. The molecule has 0 aliphatic carbocycles. The zero-order valence-electron chi connectivity index (χ0n) is 34.9. The molecule has 55 heavy (non-hydrogen) atoms. The van der Waals surface area contributed by atoms with E-state index >= 15 is 0 Å². The van der Waals surface area contributed by atoms with Crippen LogP contribution in [-0.4, -0.2) is 112 Å². The molecule has 0 aromatic rings. The number of nitrogens with one attached hydrogen (secondary N) is 2. The molecular formula is C42H78N2O11. The van der Waals surface area contributed by atoms with Gasteiger partial charge in [-0.05, 0) is 31.1 Å². The molecule has 1 saturated heterocycles. The van der Waals surface area contributed by atoms with Crippen LogP contribution >= 0.6 is 0 Å². The van der Waals surface area contributed by atoms with Gasteiger partial charge in [-0.15, -0.1) is 0 Å². The molecule has 0 radical (unpaired) electrons. The normalized spacial score (nSPS) is 23.2. The molecule has 1 aliphatic heterocycles. The Labute approximate surface area is 331 Å². The minimum absolute atomic E-state index is 0.223. The van der Waals surface area contributed by atoms with E-state index in [0.717, 1.165) is 57.5 Å². The lowest BCUT2D eigenvalue weighted by Gasteiger charge is -2.46. The van der Waals surface area contributed by atoms with Gasteiger partial charge in [0.05, 0.1) is 25.9 Å². The molecule has 0 spiro atoms. The Morgan fingerprint density at radius 1 is 0.745 bits per heavy atom. The van der Waals surface area contributed by atoms with Crippen molar-refractivity contribution in [2.24, 2.45) is 11.8 Å². The molecule has 1 heterocycles. The molecule has 0 aromatic carbocycles. The number of carbonyl (C=O) groups excluding carboxylic acids is 3. The summed E-state index contributed by atoms with van der Waals surface area (Å²) in [6, 6.07) is -1.23. The number of ether oxygens (including phenoxy) is 3. The van der Waals surface area contributed by atoms with Crippen LogP contribution in [0.1, 0.15) is 157 Å². The molecule has 0 bridgehead atoms. The van der Waals surface area contributed by atoms with Gasteiger partial charge in [0.1, 0.15) is 30.5 Å². The molecule has 2 amide bonds. The minimum Gasteiger partial charge on any atom is -0.465 e. The summed E-state index contributed by atoms with van der Waals surface area (Å²) < 4.78 is 16.4. The lowest BCUT2D eigenvalue weighted by Crippen LogP contribution is -2.70. The summed E-state index contributed by atoms with van der Waals surface area (Å²) in [6.45, 7) is 9.24. The SMILES string of the molecule is COC(=O)[C@]1(OC[C@@H](NC(=O)[C@H](O)CCCCCCCCCCC(C)C)[C@H](O)/C=C/CCCCCCCCCC(C)C)O[C@H](CNC(C)=O)[C@@H](O)[C@H](O)[C@@H]1O. The number of carbonyl (C=O) groups is 3. The molecule has 322 valence electrons. The van der Waals surface area contributed by atoms with Crippen LogP contribution in [0.3, 0.4) is 0 Å². The van der Waals surface area contributed by atoms with E-state index in [0.29, 0.717) is 12.8 Å². The molecule has 0 saturated carbocycles. The fraction of sp³-hybridized carbons (Fsp3) is 0.881. The summed E-state index contributed by atoms with van der Waals surface area (Å²) in [5.74, 6) is -3.67. The smallest absolute Gasteiger partial charge is 0.369 e. The van der Waals surface area contributed by atoms with Crippen molar-refractivity contribution >= 4 is 17.8 Å². The molecule has 0 aromatic heterocycles. The number of amides is 2. The van der Waals surface area contributed by atoms with Crippen molar-refractivity contribution in [3.63, 3.8) is 0 Å². The maximum Gasteiger partial charge on any atom is 0.369 e. The van der Waals surface area contributed by atoms with Crippen LogP contribution in [0.4, 0.5) is 0 Å². The van der Waals surface area contributed by atoms with Crippen LogP contribution in [0.15, 0.2) is 12.2 Å². The van der Waals surface area contributed by atoms with Crippen molar-refractivity contribution in [1.29, 1.82) is 0 Å². The summed E-state index contributed by atoms with van der Waals surface area (Å²) in [5, 5.41) is 59.2. The van der Waals surface area contributed by atoms with E-state index in [1.54, 1.807) is 6.08 Å². The second kappa shape index (κ2) is 29.1. The quantitative estimate of drug-likeness (QED) is 0.0284. The Kier molecular flexibility index (Phi) is 27.0. The van der Waals surface area contributed by atoms with E-state index < -0.39 is 72.8 Å². The highest BCUT2D eigenvalue weighted by atomic mass is 16.7. The second-order valence-electron chi connectivity index (χ2n) is 16.3. The highest BCUT2D eigenvalue weighted by Gasteiger charge is 2.60. The van der Waals surface area contributed by atoms with Crippen LogP contribution in [0.25, 0.3) is 0 Å². The first-order valence-corrected chi connectivity index (χ1v) is 21.2. The number of aliphatic hydroxyl groups excluding tert-OH is 5. The van der Waals surface area contributed by atoms with Gasteiger partial charge in [0, 0.05) is 13.5 Å². The Balaban J connectivity index is 2.90. The fourth-order valence-electron chi connectivity index (χ4n) is 6.76. The van der Waals surface area contributed by atoms with Gasteiger partial charge in [-0.25, -0.2) is 4.79 Å². The number of rotatable bonds is 31. The van der Waals surface area contributed by atoms with E-state index in [4.69, 9.17) is 14.2 Å². The zero-order chi connectivity index (χ0) is 41.2. The minimum atomic E-state index is -2.69. The third kappa shape index (κ3) is 20.7. The monoisotopic (exact) mass is 787 g/mol. The van der Waals surface area contributed by atoms with Crippen molar-refractivity contribution in [2.45, 2.75) is 205 Å². The van der Waals surface area contributed by atoms with Crippen LogP contribution < -0.4 is 10.6 Å². The number of hydrogen-bond acceptors (Lipinski definition) is 11. The standard InChI is InChI=1S/C42H78N2O11/c1-30(2)24-20-16-12-8-7-9-14-18-22-26-34(46)33(44-40(51)35(47)27-23-19-15-11-10-13-17-21-25-31(3)4)29-54-42(41(52)53-6)39(50)38(49)37(48)36(55-42)28-43-32(5)45/h22,26,30-31,33-39,46-50H,7-21,23-25,27-29H2,1-6H3,(H,43,45)(H,44,51)/b26-22+/t33-,34-,35-,36-,37-,38+,39+,42-/m1/s1. The first-order chi connectivity index (χ1) is 26.2. The topological polar surface area (TPSA) is 204 Å². The molecule has 0 unspecified atom stereocenters. The van der Waals surface area contributed by atoms with E-state index in [1.165, 1.54) is 77.2 Å². The predicted molar refractivity (Wildman–Crippen MR) is 213 cm³/mol. The van der Waals surface area contributed by atoms with Crippen molar-refractivity contribution in [1.82, 2.24) is 10.6 Å². The van der Waals surface area contributed by atoms with Crippen LogP contribution in [0, 0.1) is 11.8 Å². The predicted octanol–water partition coefficient (Wildman–Crippen LogP) is 4.98. The van der Waals surface area contributed by atoms with Gasteiger partial charge in [0.15, 0.2) is 0 Å². The third-order valence-electron chi connectivity index (χ3n) is 10.3. The average Bonchev–Trinajstić information content (AvgIpc) is 3.14. The average molecular weight is 787 g/mol. The summed E-state index contributed by atoms with van der Waals surface area (Å²) in [5.41, 5.74) is 0. The zero-order valence-corrected chi connectivity index (χ0v) is 34.9. The molecule has 13 nitrogen and oxygen atoms in total. The molecule has 1 aliphatic rings. The lowest BCUT2D eigenvalue weighted by molar-refractivity contribution is -0.350. The summed E-state index contributed by atoms with van der Waals surface area (Å²) in [7, 11) is 1.01. The van der Waals surface area contributed by atoms with Crippen LogP contribution in [0.5, 0.6) is 0 Å². The number of hydrogen-bond donors (Lipinski definition) is 7. The third-order valence-corrected chi connectivity index (χ3v) is 10.3. The summed E-state index contributed by atoms with van der Waals surface area (Å²) in [4.78, 5) is 37.9. The highest BCUT2D eigenvalue weighted by Crippen LogP contribution is 2.33. The van der Waals surface area contributed by atoms with E-state index in [1.807, 2.05) is 0 Å². The molecule has 8 atom stereocenters. The molecule has 13 heteroatoms. The van der Waals surface area contributed by atoms with E-state index in [2.05, 4.69) is 38.3 Å². The van der Waals surface area contributed by atoms with Gasteiger partial charge >= 0.3 is 5.97 Å². The van der Waals surface area contributed by atoms with Gasteiger partial charge in [0.2, 0.25) is 11.8 Å². The maximum atomic E-state index is 13.2. The molecular weight excluding hydrogens is 708 g/mol. The highest BCUT2D eigenvalue weighted by molar-refractivity contribution is 5.81. The summed E-state index contributed by atoms with van der Waals surface area (Å²) in [6.07, 6.45) is 13.4. The number of methoxy groups -OCH3 is 1. The largest absolute Gasteiger partial charge is 0.465 e. The number of unbranched alkanes of at least 4 members (excludes halogenated alkanes) is 14. The van der Waals surface area contributed by atoms with Gasteiger partial charge < -0.3 is 50.4 Å². The van der Waals surface area contributed by atoms with Crippen molar-refractivity contribution in [3.05, 3.63) is 12.2 Å². The number of allylic oxidation sites excluding steroid dienone is 1. The van der Waals surface area contributed by atoms with Gasteiger partial charge in [-0.3, -0.25) is 9.59 Å². The van der Waals surface area contributed by atoms with Crippen LogP contribution in [0.2, 0.25) is 0 Å². The van der Waals surface area contributed by atoms with Crippen LogP contribution in [-0.2, 0) is 28.6 Å². The van der Waals surface area contributed by atoms with Crippen molar-refractivity contribution in [2.75, 3.05) is 20.3 Å². The fourth-order valence-corrected chi connectivity index (χ4v) is 6.76. The van der Waals surface area contributed by atoms with Gasteiger partial charge in [-0.1, -0.05) is 143 Å². The molecule has 1 fully saturated rings. The van der Waals surface area contributed by atoms with Gasteiger partial charge in [0.25, 0.3) is 5.79 Å². The van der Waals surface area contributed by atoms with E-state index in [-0.39, 0.29) is 13.0 Å². The van der Waals surface area contributed by atoms with Crippen molar-refractivity contribution < 1.29 is 54.1 Å². The lowest BCUT2D eigenvalue weighted by atomic mass is 9.92. The Hall–Kier alpha value is -2.13. The Bertz CT molecular complexity index is 1070. The Morgan fingerprint density at radius 2 is 1.24 bits per heavy atom. The van der Waals surface area contributed by atoms with Gasteiger partial charge in [-0.2, -0.15) is 0 Å².